The van der Waals surface area contributed by atoms with Gasteiger partial charge >= 0.3 is 5.97 Å². The third-order valence-electron chi connectivity index (χ3n) is 2.51. The lowest BCUT2D eigenvalue weighted by atomic mass is 10.1. The standard InChI is InChI=1S/C12H15Br2NO3S/c1-3-4-5-8(12(17)18-2)15-11(16)9-6-7(13)10(14)19-9/h6,8H,3-5H2,1-2H3,(H,15,16)/t8-/m0/s1. The van der Waals surface area contributed by atoms with Crippen LogP contribution in [0.2, 0.25) is 0 Å². The number of carbonyl (C=O) groups is 2. The summed E-state index contributed by atoms with van der Waals surface area (Å²) in [5.41, 5.74) is 0. The minimum atomic E-state index is -0.586. The summed E-state index contributed by atoms with van der Waals surface area (Å²) in [5.74, 6) is -0.667. The van der Waals surface area contributed by atoms with E-state index in [2.05, 4.69) is 37.2 Å². The molecule has 1 heterocycles. The van der Waals surface area contributed by atoms with Crippen molar-refractivity contribution in [2.24, 2.45) is 0 Å². The summed E-state index contributed by atoms with van der Waals surface area (Å²) in [7, 11) is 1.33. The normalized spacial score (nSPS) is 12.0. The van der Waals surface area contributed by atoms with Crippen LogP contribution >= 0.6 is 43.2 Å². The number of amides is 1. The molecule has 1 amide bonds. The van der Waals surface area contributed by atoms with E-state index in [9.17, 15) is 9.59 Å². The number of ether oxygens (including phenoxy) is 1. The second kappa shape index (κ2) is 8.01. The maximum atomic E-state index is 12.1. The number of methoxy groups -OCH3 is 1. The zero-order chi connectivity index (χ0) is 14.4. The molecule has 1 rings (SSSR count). The van der Waals surface area contributed by atoms with Gasteiger partial charge in [0.2, 0.25) is 0 Å². The maximum absolute atomic E-state index is 12.1. The Kier molecular flexibility index (Phi) is 7.02. The predicted octanol–water partition coefficient (Wildman–Crippen LogP) is 3.73. The van der Waals surface area contributed by atoms with Crippen molar-refractivity contribution in [3.63, 3.8) is 0 Å². The Bertz CT molecular complexity index is 442. The van der Waals surface area contributed by atoms with E-state index in [4.69, 9.17) is 4.74 Å². The minimum Gasteiger partial charge on any atom is -0.467 e. The van der Waals surface area contributed by atoms with Crippen molar-refractivity contribution in [2.45, 2.75) is 32.2 Å². The molecule has 0 aliphatic heterocycles. The third kappa shape index (κ3) is 4.89. The molecule has 106 valence electrons. The van der Waals surface area contributed by atoms with Gasteiger partial charge < -0.3 is 10.1 Å². The summed E-state index contributed by atoms with van der Waals surface area (Å²) in [6, 6.07) is 1.13. The molecule has 0 radical (unpaired) electrons. The molecule has 0 unspecified atom stereocenters. The van der Waals surface area contributed by atoms with E-state index >= 15 is 0 Å². The van der Waals surface area contributed by atoms with Crippen LogP contribution in [0.4, 0.5) is 0 Å². The zero-order valence-electron chi connectivity index (χ0n) is 10.7. The molecule has 4 nitrogen and oxygen atoms in total. The summed E-state index contributed by atoms with van der Waals surface area (Å²) in [4.78, 5) is 24.2. The Morgan fingerprint density at radius 2 is 2.16 bits per heavy atom. The van der Waals surface area contributed by atoms with E-state index in [1.165, 1.54) is 18.4 Å². The molecule has 0 aromatic carbocycles. The van der Waals surface area contributed by atoms with Crippen LogP contribution in [0.1, 0.15) is 35.9 Å². The van der Waals surface area contributed by atoms with E-state index in [0.29, 0.717) is 11.3 Å². The summed E-state index contributed by atoms with van der Waals surface area (Å²) >= 11 is 7.98. The zero-order valence-corrected chi connectivity index (χ0v) is 14.7. The molecule has 1 N–H and O–H groups in total. The van der Waals surface area contributed by atoms with Crippen molar-refractivity contribution < 1.29 is 14.3 Å². The molecule has 1 aromatic heterocycles. The fourth-order valence-corrected chi connectivity index (χ4v) is 3.43. The van der Waals surface area contributed by atoms with E-state index in [1.54, 1.807) is 6.07 Å². The minimum absolute atomic E-state index is 0.261. The number of hydrogen-bond acceptors (Lipinski definition) is 4. The highest BCUT2D eigenvalue weighted by molar-refractivity contribution is 9.13. The van der Waals surface area contributed by atoms with E-state index < -0.39 is 12.0 Å². The first-order chi connectivity index (χ1) is 8.99. The maximum Gasteiger partial charge on any atom is 0.328 e. The number of hydrogen-bond donors (Lipinski definition) is 1. The molecule has 0 aliphatic rings. The van der Waals surface area contributed by atoms with Crippen molar-refractivity contribution in [2.75, 3.05) is 7.11 Å². The van der Waals surface area contributed by atoms with Gasteiger partial charge in [-0.2, -0.15) is 0 Å². The number of thiophene rings is 1. The lowest BCUT2D eigenvalue weighted by molar-refractivity contribution is -0.143. The van der Waals surface area contributed by atoms with Gasteiger partial charge in [0.05, 0.1) is 15.8 Å². The number of halogens is 2. The Labute approximate surface area is 133 Å². The summed E-state index contributed by atoms with van der Waals surface area (Å²) < 4.78 is 6.38. The monoisotopic (exact) mass is 411 g/mol. The highest BCUT2D eigenvalue weighted by atomic mass is 79.9. The summed E-state index contributed by atoms with van der Waals surface area (Å²) in [6.07, 6.45) is 2.40. The van der Waals surface area contributed by atoms with Gasteiger partial charge in [-0.3, -0.25) is 4.79 Å². The topological polar surface area (TPSA) is 55.4 Å². The summed E-state index contributed by atoms with van der Waals surface area (Å²) in [6.45, 7) is 2.03. The fourth-order valence-electron chi connectivity index (χ4n) is 1.49. The van der Waals surface area contributed by atoms with Crippen LogP contribution in [0.25, 0.3) is 0 Å². The van der Waals surface area contributed by atoms with Gasteiger partial charge in [-0.05, 0) is 44.3 Å². The van der Waals surface area contributed by atoms with Crippen LogP contribution in [-0.4, -0.2) is 25.0 Å². The molecule has 0 bridgehead atoms. The van der Waals surface area contributed by atoms with Gasteiger partial charge in [-0.15, -0.1) is 11.3 Å². The molecular formula is C12H15Br2NO3S. The van der Waals surface area contributed by atoms with Gasteiger partial charge in [-0.1, -0.05) is 19.8 Å². The Balaban J connectivity index is 2.72. The second-order valence-electron chi connectivity index (χ2n) is 3.92. The van der Waals surface area contributed by atoms with Crippen LogP contribution in [0, 0.1) is 0 Å². The van der Waals surface area contributed by atoms with Crippen molar-refractivity contribution in [1.29, 1.82) is 0 Å². The van der Waals surface area contributed by atoms with Crippen LogP contribution in [0.15, 0.2) is 14.3 Å². The van der Waals surface area contributed by atoms with Crippen LogP contribution in [0.5, 0.6) is 0 Å². The molecule has 1 aromatic rings. The second-order valence-corrected chi connectivity index (χ2v) is 7.15. The Morgan fingerprint density at radius 3 is 2.63 bits per heavy atom. The summed E-state index contributed by atoms with van der Waals surface area (Å²) in [5, 5.41) is 2.71. The molecule has 1 atom stereocenters. The highest BCUT2D eigenvalue weighted by Crippen LogP contribution is 2.32. The molecule has 0 saturated heterocycles. The van der Waals surface area contributed by atoms with Crippen LogP contribution in [0.3, 0.4) is 0 Å². The molecule has 0 aliphatic carbocycles. The van der Waals surface area contributed by atoms with Gasteiger partial charge in [0.15, 0.2) is 0 Å². The van der Waals surface area contributed by atoms with Crippen molar-refractivity contribution in [1.82, 2.24) is 5.32 Å². The third-order valence-corrected chi connectivity index (χ3v) is 5.76. The van der Waals surface area contributed by atoms with Gasteiger partial charge in [0, 0.05) is 4.47 Å². The lowest BCUT2D eigenvalue weighted by Crippen LogP contribution is -2.41. The van der Waals surface area contributed by atoms with Crippen molar-refractivity contribution >= 4 is 55.1 Å². The smallest absolute Gasteiger partial charge is 0.328 e. The Morgan fingerprint density at radius 1 is 1.47 bits per heavy atom. The molecule has 0 spiro atoms. The SMILES string of the molecule is CCCC[C@H](NC(=O)c1cc(Br)c(Br)s1)C(=O)OC. The van der Waals surface area contributed by atoms with E-state index in [-0.39, 0.29) is 5.91 Å². The first-order valence-corrected chi connectivity index (χ1v) is 8.23. The first kappa shape index (κ1) is 16.7. The fraction of sp³-hybridized carbons (Fsp3) is 0.500. The average molecular weight is 413 g/mol. The predicted molar refractivity (Wildman–Crippen MR) is 82.5 cm³/mol. The van der Waals surface area contributed by atoms with Crippen molar-refractivity contribution in [3.05, 3.63) is 19.2 Å². The van der Waals surface area contributed by atoms with Gasteiger partial charge in [-0.25, -0.2) is 4.79 Å². The number of nitrogens with one attached hydrogen (secondary N) is 1. The number of unbranched alkanes of at least 4 members (excludes halogenated alkanes) is 1. The number of carbonyl (C=O) groups excluding carboxylic acids is 2. The van der Waals surface area contributed by atoms with Crippen LogP contribution < -0.4 is 5.32 Å². The van der Waals surface area contributed by atoms with E-state index in [1.807, 2.05) is 6.92 Å². The molecular weight excluding hydrogens is 398 g/mol. The number of esters is 1. The first-order valence-electron chi connectivity index (χ1n) is 5.83. The van der Waals surface area contributed by atoms with Gasteiger partial charge in [0.25, 0.3) is 5.91 Å². The number of rotatable bonds is 6. The lowest BCUT2D eigenvalue weighted by Gasteiger charge is -2.15. The molecule has 0 saturated carbocycles. The molecule has 19 heavy (non-hydrogen) atoms. The molecule has 7 heteroatoms. The Hall–Kier alpha value is -0.400. The van der Waals surface area contributed by atoms with Crippen molar-refractivity contribution in [3.8, 4) is 0 Å². The molecule has 0 fully saturated rings. The largest absolute Gasteiger partial charge is 0.467 e. The van der Waals surface area contributed by atoms with Crippen LogP contribution in [-0.2, 0) is 9.53 Å². The van der Waals surface area contributed by atoms with Gasteiger partial charge in [0.1, 0.15) is 6.04 Å². The highest BCUT2D eigenvalue weighted by Gasteiger charge is 2.22. The van der Waals surface area contributed by atoms with E-state index in [0.717, 1.165) is 21.1 Å². The quantitative estimate of drug-likeness (QED) is 0.724. The average Bonchev–Trinajstić information content (AvgIpc) is 2.73.